The van der Waals surface area contributed by atoms with Crippen LogP contribution in [0.15, 0.2) is 34.6 Å². The molecule has 4 fully saturated rings. The van der Waals surface area contributed by atoms with Gasteiger partial charge in [-0.05, 0) is 99.3 Å². The van der Waals surface area contributed by atoms with Crippen molar-refractivity contribution >= 4 is 34.1 Å². The second-order valence-corrected chi connectivity index (χ2v) is 12.8. The zero-order valence-electron chi connectivity index (χ0n) is 17.7. The molecule has 4 aliphatic carbocycles. The van der Waals surface area contributed by atoms with Gasteiger partial charge < -0.3 is 10.4 Å². The SMILES string of the molecule is Cc1ccc(/C(CC23CC4CC(C2)CC(C/C(=N\O)c2ccc(C)s2)(C4)C3)=N/O)s1. The van der Waals surface area contributed by atoms with E-state index in [4.69, 9.17) is 0 Å². The molecule has 0 aromatic carbocycles. The molecule has 0 atom stereocenters. The van der Waals surface area contributed by atoms with E-state index in [-0.39, 0.29) is 10.8 Å². The van der Waals surface area contributed by atoms with Gasteiger partial charge in [-0.1, -0.05) is 10.3 Å². The number of aryl methyl sites for hydroxylation is 2. The van der Waals surface area contributed by atoms with Gasteiger partial charge in [0.05, 0.1) is 21.2 Å². The summed E-state index contributed by atoms with van der Waals surface area (Å²) < 4.78 is 0. The molecule has 6 heteroatoms. The lowest BCUT2D eigenvalue weighted by molar-refractivity contribution is -0.103. The van der Waals surface area contributed by atoms with Crippen LogP contribution in [-0.2, 0) is 0 Å². The van der Waals surface area contributed by atoms with Crippen LogP contribution in [0.25, 0.3) is 0 Å². The van der Waals surface area contributed by atoms with Crippen LogP contribution in [0.3, 0.4) is 0 Å². The Morgan fingerprint density at radius 1 is 0.833 bits per heavy atom. The Balaban J connectivity index is 1.42. The predicted octanol–water partition coefficient (Wildman–Crippen LogP) is 6.85. The summed E-state index contributed by atoms with van der Waals surface area (Å²) in [7, 11) is 0. The molecular weight excluding hydrogens is 412 g/mol. The normalized spacial score (nSPS) is 33.4. The first-order chi connectivity index (χ1) is 14.4. The molecular formula is C24H30N2O2S2. The summed E-state index contributed by atoms with van der Waals surface area (Å²) >= 11 is 3.44. The molecule has 6 rings (SSSR count). The number of hydrogen-bond acceptors (Lipinski definition) is 6. The van der Waals surface area contributed by atoms with Gasteiger partial charge in [0.1, 0.15) is 0 Å². The minimum absolute atomic E-state index is 0.218. The highest BCUT2D eigenvalue weighted by Crippen LogP contribution is 2.67. The van der Waals surface area contributed by atoms with Crippen LogP contribution in [0.2, 0.25) is 0 Å². The molecule has 0 saturated heterocycles. The van der Waals surface area contributed by atoms with Gasteiger partial charge in [-0.3, -0.25) is 0 Å². The maximum absolute atomic E-state index is 9.83. The van der Waals surface area contributed by atoms with E-state index in [1.165, 1.54) is 41.9 Å². The van der Waals surface area contributed by atoms with E-state index in [9.17, 15) is 10.4 Å². The molecule has 2 heterocycles. The Hall–Kier alpha value is -1.66. The number of rotatable bonds is 6. The fraction of sp³-hybridized carbons (Fsp3) is 0.583. The van der Waals surface area contributed by atoms with E-state index in [1.54, 1.807) is 22.7 Å². The third-order valence-electron chi connectivity index (χ3n) is 7.68. The third-order valence-corrected chi connectivity index (χ3v) is 9.78. The zero-order valence-corrected chi connectivity index (χ0v) is 19.4. The second kappa shape index (κ2) is 7.49. The summed E-state index contributed by atoms with van der Waals surface area (Å²) in [5, 5.41) is 27.2. The molecule has 0 spiro atoms. The van der Waals surface area contributed by atoms with Gasteiger partial charge in [0.15, 0.2) is 0 Å². The molecule has 4 aliphatic rings. The minimum atomic E-state index is 0.218. The molecule has 4 bridgehead atoms. The lowest BCUT2D eigenvalue weighted by atomic mass is 9.42. The summed E-state index contributed by atoms with van der Waals surface area (Å²) in [5.74, 6) is 1.50. The van der Waals surface area contributed by atoms with Crippen LogP contribution in [0.5, 0.6) is 0 Å². The topological polar surface area (TPSA) is 65.2 Å². The minimum Gasteiger partial charge on any atom is -0.411 e. The Morgan fingerprint density at radius 3 is 1.60 bits per heavy atom. The maximum Gasteiger partial charge on any atom is 0.0972 e. The second-order valence-electron chi connectivity index (χ2n) is 10.2. The number of oxime groups is 2. The molecule has 4 nitrogen and oxygen atoms in total. The molecule has 0 aliphatic heterocycles. The van der Waals surface area contributed by atoms with Gasteiger partial charge >= 0.3 is 0 Å². The van der Waals surface area contributed by atoms with Crippen LogP contribution < -0.4 is 0 Å². The van der Waals surface area contributed by atoms with Crippen LogP contribution in [-0.4, -0.2) is 21.8 Å². The average Bonchev–Trinajstić information content (AvgIpc) is 3.31. The zero-order chi connectivity index (χ0) is 20.9. The van der Waals surface area contributed by atoms with E-state index in [0.717, 1.165) is 52.3 Å². The van der Waals surface area contributed by atoms with Gasteiger partial charge in [-0.2, -0.15) is 0 Å². The van der Waals surface area contributed by atoms with Crippen LogP contribution in [0.4, 0.5) is 0 Å². The Bertz CT molecular complexity index is 912. The molecule has 0 unspecified atom stereocenters. The first kappa shape index (κ1) is 20.3. The lowest BCUT2D eigenvalue weighted by Gasteiger charge is -2.62. The van der Waals surface area contributed by atoms with Crippen LogP contribution in [0.1, 0.15) is 70.9 Å². The Kier molecular flexibility index (Phi) is 5.05. The van der Waals surface area contributed by atoms with Crippen molar-refractivity contribution in [3.8, 4) is 0 Å². The fourth-order valence-electron chi connectivity index (χ4n) is 7.30. The highest BCUT2D eigenvalue weighted by Gasteiger charge is 2.58. The number of hydrogen-bond donors (Lipinski definition) is 2. The summed E-state index contributed by atoms with van der Waals surface area (Å²) in [6.45, 7) is 4.20. The lowest BCUT2D eigenvalue weighted by Crippen LogP contribution is -2.53. The highest BCUT2D eigenvalue weighted by molar-refractivity contribution is 7.14. The first-order valence-electron chi connectivity index (χ1n) is 11.0. The van der Waals surface area contributed by atoms with Gasteiger partial charge in [-0.25, -0.2) is 0 Å². The molecule has 2 N–H and O–H groups in total. The number of nitrogens with zero attached hydrogens (tertiary/aromatic N) is 2. The molecule has 30 heavy (non-hydrogen) atoms. The van der Waals surface area contributed by atoms with Crippen molar-refractivity contribution < 1.29 is 10.4 Å². The van der Waals surface area contributed by atoms with Crippen molar-refractivity contribution in [1.82, 2.24) is 0 Å². The third kappa shape index (κ3) is 3.62. The van der Waals surface area contributed by atoms with E-state index >= 15 is 0 Å². The van der Waals surface area contributed by atoms with E-state index in [2.05, 4.69) is 48.4 Å². The summed E-state index contributed by atoms with van der Waals surface area (Å²) in [4.78, 5) is 4.71. The van der Waals surface area contributed by atoms with Gasteiger partial charge in [0, 0.05) is 22.6 Å². The highest BCUT2D eigenvalue weighted by atomic mass is 32.1. The van der Waals surface area contributed by atoms with Crippen molar-refractivity contribution in [2.45, 2.75) is 65.2 Å². The van der Waals surface area contributed by atoms with E-state index in [1.807, 2.05) is 0 Å². The summed E-state index contributed by atoms with van der Waals surface area (Å²) in [6.07, 6.45) is 9.22. The monoisotopic (exact) mass is 442 g/mol. The molecule has 4 saturated carbocycles. The number of thiophene rings is 2. The molecule has 2 aromatic heterocycles. The average molecular weight is 443 g/mol. The standard InChI is InChI=1S/C24H30N2O2S2/c1-15-3-5-21(29-15)19(25-27)12-23-8-17-7-18(9-23)11-24(10-17,14-23)13-20(26-28)22-6-4-16(2)30-22/h3-6,17-18,27-28H,7-14H2,1-2H3/b25-19+,26-20+. The van der Waals surface area contributed by atoms with Crippen molar-refractivity contribution in [1.29, 1.82) is 0 Å². The van der Waals surface area contributed by atoms with Crippen molar-refractivity contribution in [3.05, 3.63) is 43.8 Å². The first-order valence-corrected chi connectivity index (χ1v) is 12.6. The molecule has 160 valence electrons. The van der Waals surface area contributed by atoms with Gasteiger partial charge in [-0.15, -0.1) is 22.7 Å². The summed E-state index contributed by atoms with van der Waals surface area (Å²) in [6, 6.07) is 8.42. The Labute approximate surface area is 186 Å². The predicted molar refractivity (Wildman–Crippen MR) is 124 cm³/mol. The largest absolute Gasteiger partial charge is 0.411 e. The smallest absolute Gasteiger partial charge is 0.0972 e. The molecule has 0 amide bonds. The maximum atomic E-state index is 9.83. The van der Waals surface area contributed by atoms with Crippen LogP contribution in [0, 0.1) is 36.5 Å². The Morgan fingerprint density at radius 2 is 1.27 bits per heavy atom. The van der Waals surface area contributed by atoms with Crippen molar-refractivity contribution in [3.63, 3.8) is 0 Å². The van der Waals surface area contributed by atoms with Crippen molar-refractivity contribution in [2.75, 3.05) is 0 Å². The van der Waals surface area contributed by atoms with E-state index in [0.29, 0.717) is 0 Å². The van der Waals surface area contributed by atoms with E-state index < -0.39 is 0 Å². The van der Waals surface area contributed by atoms with Gasteiger partial charge in [0.2, 0.25) is 0 Å². The fourth-order valence-corrected chi connectivity index (χ4v) is 9.00. The van der Waals surface area contributed by atoms with Crippen LogP contribution >= 0.6 is 22.7 Å². The molecule has 0 radical (unpaired) electrons. The van der Waals surface area contributed by atoms with Crippen molar-refractivity contribution in [2.24, 2.45) is 33.0 Å². The summed E-state index contributed by atoms with van der Waals surface area (Å²) in [5.41, 5.74) is 2.15. The quantitative estimate of drug-likeness (QED) is 0.292. The molecule has 2 aromatic rings. The van der Waals surface area contributed by atoms with Gasteiger partial charge in [0.25, 0.3) is 0 Å².